The fourth-order valence-corrected chi connectivity index (χ4v) is 4.77. The standard InChI is InChI=1S/C25H28N2O6S/c1-17(19-7-5-4-6-8-19)27-34(30,31)20-10-11-22(21(16-20)25(28)29)26-14-13-18-9-12-23(32-2)24(15-18)33-3/h4-12,15-17,26-27H,13-14H2,1-3H3,(H,28,29)/t17-/m1/s1. The summed E-state index contributed by atoms with van der Waals surface area (Å²) in [6, 6.07) is 18.3. The van der Waals surface area contributed by atoms with E-state index in [1.165, 1.54) is 18.2 Å². The molecular formula is C25H28N2O6S. The Morgan fingerprint density at radius 3 is 2.32 bits per heavy atom. The van der Waals surface area contributed by atoms with Crippen molar-refractivity contribution < 1.29 is 27.8 Å². The fourth-order valence-electron chi connectivity index (χ4n) is 3.51. The Morgan fingerprint density at radius 2 is 1.68 bits per heavy atom. The summed E-state index contributed by atoms with van der Waals surface area (Å²) in [4.78, 5) is 11.7. The number of nitrogens with one attached hydrogen (secondary N) is 2. The number of hydrogen-bond donors (Lipinski definition) is 3. The van der Waals surface area contributed by atoms with Crippen LogP contribution < -0.4 is 19.5 Å². The van der Waals surface area contributed by atoms with Gasteiger partial charge in [-0.3, -0.25) is 0 Å². The van der Waals surface area contributed by atoms with Crippen LogP contribution in [0.25, 0.3) is 0 Å². The third-order valence-corrected chi connectivity index (χ3v) is 6.88. The van der Waals surface area contributed by atoms with Crippen LogP contribution in [0.15, 0.2) is 71.6 Å². The molecule has 0 unspecified atom stereocenters. The summed E-state index contributed by atoms with van der Waals surface area (Å²) in [7, 11) is -0.802. The van der Waals surface area contributed by atoms with Crippen molar-refractivity contribution >= 4 is 21.7 Å². The fraction of sp³-hybridized carbons (Fsp3) is 0.240. The van der Waals surface area contributed by atoms with Crippen molar-refractivity contribution in [2.45, 2.75) is 24.3 Å². The summed E-state index contributed by atoms with van der Waals surface area (Å²) < 4.78 is 38.9. The first-order valence-corrected chi connectivity index (χ1v) is 12.1. The molecule has 0 aliphatic heterocycles. The number of methoxy groups -OCH3 is 2. The topological polar surface area (TPSA) is 114 Å². The van der Waals surface area contributed by atoms with Crippen molar-refractivity contribution in [1.82, 2.24) is 4.72 Å². The summed E-state index contributed by atoms with van der Waals surface area (Å²) in [5, 5.41) is 12.8. The maximum atomic E-state index is 12.9. The molecule has 0 saturated carbocycles. The van der Waals surface area contributed by atoms with Crippen LogP contribution in [-0.4, -0.2) is 40.3 Å². The van der Waals surface area contributed by atoms with Crippen LogP contribution in [0, 0.1) is 0 Å². The van der Waals surface area contributed by atoms with Gasteiger partial charge in [0.05, 0.1) is 24.7 Å². The molecule has 0 aromatic heterocycles. The molecule has 0 aliphatic carbocycles. The van der Waals surface area contributed by atoms with E-state index in [1.807, 2.05) is 42.5 Å². The van der Waals surface area contributed by atoms with E-state index < -0.39 is 22.0 Å². The third-order valence-electron chi connectivity index (χ3n) is 5.34. The average molecular weight is 485 g/mol. The molecule has 9 heteroatoms. The lowest BCUT2D eigenvalue weighted by Gasteiger charge is -2.16. The van der Waals surface area contributed by atoms with Crippen molar-refractivity contribution in [2.24, 2.45) is 0 Å². The maximum absolute atomic E-state index is 12.9. The van der Waals surface area contributed by atoms with E-state index >= 15 is 0 Å². The molecule has 0 radical (unpaired) electrons. The molecule has 180 valence electrons. The number of ether oxygens (including phenoxy) is 2. The lowest BCUT2D eigenvalue weighted by molar-refractivity contribution is 0.0697. The van der Waals surface area contributed by atoms with Gasteiger partial charge >= 0.3 is 5.97 Å². The predicted octanol–water partition coefficient (Wildman–Crippen LogP) is 4.10. The molecule has 0 heterocycles. The van der Waals surface area contributed by atoms with Gasteiger partial charge in [-0.25, -0.2) is 17.9 Å². The number of hydrogen-bond acceptors (Lipinski definition) is 6. The molecule has 0 saturated heterocycles. The Hall–Kier alpha value is -3.56. The van der Waals surface area contributed by atoms with Crippen LogP contribution in [-0.2, 0) is 16.4 Å². The highest BCUT2D eigenvalue weighted by Crippen LogP contribution is 2.28. The van der Waals surface area contributed by atoms with Crippen molar-refractivity contribution in [1.29, 1.82) is 0 Å². The molecule has 3 aromatic rings. The van der Waals surface area contributed by atoms with Gasteiger partial charge < -0.3 is 19.9 Å². The van der Waals surface area contributed by atoms with E-state index in [1.54, 1.807) is 27.2 Å². The minimum absolute atomic E-state index is 0.113. The van der Waals surface area contributed by atoms with Crippen LogP contribution in [0.4, 0.5) is 5.69 Å². The third kappa shape index (κ3) is 6.06. The van der Waals surface area contributed by atoms with Crippen LogP contribution in [0.2, 0.25) is 0 Å². The Balaban J connectivity index is 1.73. The molecule has 0 amide bonds. The monoisotopic (exact) mass is 484 g/mol. The van der Waals surface area contributed by atoms with E-state index in [0.717, 1.165) is 11.1 Å². The quantitative estimate of drug-likeness (QED) is 0.375. The Labute approximate surface area is 199 Å². The molecule has 1 atom stereocenters. The predicted molar refractivity (Wildman–Crippen MR) is 130 cm³/mol. The zero-order valence-corrected chi connectivity index (χ0v) is 20.1. The van der Waals surface area contributed by atoms with Crippen LogP contribution in [0.3, 0.4) is 0 Å². The molecule has 0 bridgehead atoms. The minimum Gasteiger partial charge on any atom is -0.493 e. The number of aromatic carboxylic acids is 1. The van der Waals surface area contributed by atoms with E-state index in [0.29, 0.717) is 30.2 Å². The van der Waals surface area contributed by atoms with Crippen molar-refractivity contribution in [3.63, 3.8) is 0 Å². The number of benzene rings is 3. The molecule has 8 nitrogen and oxygen atoms in total. The van der Waals surface area contributed by atoms with Gasteiger partial charge in [0, 0.05) is 18.3 Å². The van der Waals surface area contributed by atoms with Gasteiger partial charge in [0.2, 0.25) is 10.0 Å². The molecule has 0 fully saturated rings. The number of carboxylic acids is 1. The number of rotatable bonds is 11. The largest absolute Gasteiger partial charge is 0.493 e. The molecule has 3 N–H and O–H groups in total. The van der Waals surface area contributed by atoms with Crippen LogP contribution in [0.1, 0.15) is 34.5 Å². The normalized spacial score (nSPS) is 12.1. The highest BCUT2D eigenvalue weighted by molar-refractivity contribution is 7.89. The van der Waals surface area contributed by atoms with E-state index in [4.69, 9.17) is 9.47 Å². The van der Waals surface area contributed by atoms with Gasteiger partial charge in [0.15, 0.2) is 11.5 Å². The summed E-state index contributed by atoms with van der Waals surface area (Å²) in [5.41, 5.74) is 1.99. The molecular weight excluding hydrogens is 456 g/mol. The Bertz CT molecular complexity index is 1250. The first kappa shape index (κ1) is 25.1. The number of carbonyl (C=O) groups is 1. The van der Waals surface area contributed by atoms with Crippen molar-refractivity contribution in [2.75, 3.05) is 26.1 Å². The van der Waals surface area contributed by atoms with Gasteiger partial charge in [0.25, 0.3) is 0 Å². The molecule has 3 aromatic carbocycles. The molecule has 0 spiro atoms. The average Bonchev–Trinajstić information content (AvgIpc) is 2.84. The van der Waals surface area contributed by atoms with Crippen LogP contribution in [0.5, 0.6) is 11.5 Å². The summed E-state index contributed by atoms with van der Waals surface area (Å²) in [6.45, 7) is 2.17. The van der Waals surface area contributed by atoms with Gasteiger partial charge in [-0.1, -0.05) is 36.4 Å². The smallest absolute Gasteiger partial charge is 0.337 e. The number of sulfonamides is 1. The first-order chi connectivity index (χ1) is 16.2. The van der Waals surface area contributed by atoms with Crippen molar-refractivity contribution in [3.05, 3.63) is 83.4 Å². The summed E-state index contributed by atoms with van der Waals surface area (Å²) in [6.07, 6.45) is 0.593. The SMILES string of the molecule is COc1ccc(CCNc2ccc(S(=O)(=O)N[C@H](C)c3ccccc3)cc2C(=O)O)cc1OC. The van der Waals surface area contributed by atoms with Gasteiger partial charge in [-0.2, -0.15) is 0 Å². The zero-order valence-electron chi connectivity index (χ0n) is 19.2. The second kappa shape index (κ2) is 11.0. The lowest BCUT2D eigenvalue weighted by atomic mass is 10.1. The van der Waals surface area contributed by atoms with Gasteiger partial charge in [0.1, 0.15) is 0 Å². The number of anilines is 1. The molecule has 0 aliphatic rings. The summed E-state index contributed by atoms with van der Waals surface area (Å²) >= 11 is 0. The Morgan fingerprint density at radius 1 is 0.971 bits per heavy atom. The Kier molecular flexibility index (Phi) is 8.14. The lowest BCUT2D eigenvalue weighted by Crippen LogP contribution is -2.27. The first-order valence-electron chi connectivity index (χ1n) is 10.6. The molecule has 3 rings (SSSR count). The second-order valence-electron chi connectivity index (χ2n) is 7.63. The van der Waals surface area contributed by atoms with Gasteiger partial charge in [-0.05, 0) is 54.8 Å². The van der Waals surface area contributed by atoms with E-state index in [2.05, 4.69) is 10.0 Å². The maximum Gasteiger partial charge on any atom is 0.337 e. The van der Waals surface area contributed by atoms with E-state index in [-0.39, 0.29) is 10.5 Å². The minimum atomic E-state index is -3.93. The second-order valence-corrected chi connectivity index (χ2v) is 9.35. The summed E-state index contributed by atoms with van der Waals surface area (Å²) in [5.74, 6) is 0.0131. The highest BCUT2D eigenvalue weighted by atomic mass is 32.2. The van der Waals surface area contributed by atoms with Crippen LogP contribution >= 0.6 is 0 Å². The number of carboxylic acid groups (broad SMARTS) is 1. The van der Waals surface area contributed by atoms with E-state index in [9.17, 15) is 18.3 Å². The highest BCUT2D eigenvalue weighted by Gasteiger charge is 2.21. The van der Waals surface area contributed by atoms with Gasteiger partial charge in [-0.15, -0.1) is 0 Å². The zero-order chi connectivity index (χ0) is 24.7. The van der Waals surface area contributed by atoms with Crippen molar-refractivity contribution in [3.8, 4) is 11.5 Å². The molecule has 34 heavy (non-hydrogen) atoms.